The van der Waals surface area contributed by atoms with Gasteiger partial charge in [0.15, 0.2) is 11.5 Å². The molecule has 35 heavy (non-hydrogen) atoms. The molecule has 0 saturated carbocycles. The summed E-state index contributed by atoms with van der Waals surface area (Å²) >= 11 is 0. The van der Waals surface area contributed by atoms with Gasteiger partial charge in [0.2, 0.25) is 0 Å². The van der Waals surface area contributed by atoms with E-state index in [1.54, 1.807) is 24.3 Å². The van der Waals surface area contributed by atoms with Crippen molar-refractivity contribution in [3.05, 3.63) is 58.7 Å². The molecule has 7 nitrogen and oxygen atoms in total. The van der Waals surface area contributed by atoms with Gasteiger partial charge in [-0.3, -0.25) is 9.59 Å². The molecule has 0 spiro atoms. The van der Waals surface area contributed by atoms with Gasteiger partial charge in [-0.15, -0.1) is 0 Å². The van der Waals surface area contributed by atoms with Crippen molar-refractivity contribution in [2.45, 2.75) is 58.4 Å². The molecule has 0 bridgehead atoms. The molecule has 1 atom stereocenters. The minimum Gasteiger partial charge on any atom is -0.507 e. The highest BCUT2D eigenvalue weighted by atomic mass is 16.5. The predicted molar refractivity (Wildman–Crippen MR) is 135 cm³/mol. The van der Waals surface area contributed by atoms with Gasteiger partial charge in [-0.05, 0) is 47.2 Å². The first-order chi connectivity index (χ1) is 16.5. The lowest BCUT2D eigenvalue weighted by molar-refractivity contribution is -0.139. The molecule has 1 unspecified atom stereocenters. The van der Waals surface area contributed by atoms with Gasteiger partial charge in [-0.2, -0.15) is 0 Å². The van der Waals surface area contributed by atoms with Crippen LogP contribution in [0.25, 0.3) is 5.76 Å². The number of aromatic hydroxyl groups is 1. The Morgan fingerprint density at radius 2 is 1.66 bits per heavy atom. The van der Waals surface area contributed by atoms with E-state index in [4.69, 9.17) is 9.47 Å². The number of aliphatic hydroxyl groups is 1. The fraction of sp³-hybridized carbons (Fsp3) is 0.429. The molecule has 3 rings (SSSR count). The number of ether oxygens (including phenoxy) is 2. The Morgan fingerprint density at radius 3 is 2.23 bits per heavy atom. The highest BCUT2D eigenvalue weighted by molar-refractivity contribution is 6.46. The van der Waals surface area contributed by atoms with E-state index >= 15 is 0 Å². The van der Waals surface area contributed by atoms with Gasteiger partial charge in [-0.25, -0.2) is 0 Å². The topological polar surface area (TPSA) is 96.3 Å². The molecule has 2 aromatic carbocycles. The third-order valence-electron chi connectivity index (χ3n) is 6.38. The van der Waals surface area contributed by atoms with Crippen molar-refractivity contribution in [2.75, 3.05) is 20.8 Å². The van der Waals surface area contributed by atoms with Crippen LogP contribution >= 0.6 is 0 Å². The summed E-state index contributed by atoms with van der Waals surface area (Å²) in [7, 11) is 2.94. The van der Waals surface area contributed by atoms with Crippen LogP contribution in [-0.2, 0) is 15.0 Å². The summed E-state index contributed by atoms with van der Waals surface area (Å²) in [6, 6.07) is 9.35. The van der Waals surface area contributed by atoms with Crippen LogP contribution < -0.4 is 9.47 Å². The standard InChI is InChI=1S/C28H35NO6/c1-7-8-9-14-29-24(17-10-12-22(35-6)20(30)15-17)23(26(32)27(29)33)25(31)19-16-18(28(2,3)4)11-13-21(19)34-5/h10-13,15-16,24,30-31H,7-9,14H2,1-6H3/b25-23+. The second-order valence-electron chi connectivity index (χ2n) is 9.80. The van der Waals surface area contributed by atoms with Gasteiger partial charge in [-0.1, -0.05) is 52.7 Å². The predicted octanol–water partition coefficient (Wildman–Crippen LogP) is 5.32. The maximum Gasteiger partial charge on any atom is 0.295 e. The van der Waals surface area contributed by atoms with Gasteiger partial charge in [0.25, 0.3) is 11.7 Å². The number of amides is 1. The number of Topliss-reactive ketones (excluding diaryl/α,β-unsaturated/α-hetero) is 1. The van der Waals surface area contributed by atoms with Gasteiger partial charge < -0.3 is 24.6 Å². The zero-order valence-electron chi connectivity index (χ0n) is 21.3. The average Bonchev–Trinajstić information content (AvgIpc) is 3.07. The Labute approximate surface area is 207 Å². The maximum absolute atomic E-state index is 13.3. The van der Waals surface area contributed by atoms with Crippen molar-refractivity contribution < 1.29 is 29.3 Å². The monoisotopic (exact) mass is 481 g/mol. The van der Waals surface area contributed by atoms with Gasteiger partial charge >= 0.3 is 0 Å². The van der Waals surface area contributed by atoms with E-state index < -0.39 is 17.7 Å². The largest absolute Gasteiger partial charge is 0.507 e. The molecule has 7 heteroatoms. The van der Waals surface area contributed by atoms with Gasteiger partial charge in [0.1, 0.15) is 11.5 Å². The van der Waals surface area contributed by atoms with Crippen LogP contribution in [0.4, 0.5) is 0 Å². The van der Waals surface area contributed by atoms with Gasteiger partial charge in [0.05, 0.1) is 31.4 Å². The highest BCUT2D eigenvalue weighted by Crippen LogP contribution is 2.43. The fourth-order valence-corrected chi connectivity index (χ4v) is 4.37. The summed E-state index contributed by atoms with van der Waals surface area (Å²) < 4.78 is 10.6. The molecule has 2 aromatic rings. The molecule has 1 heterocycles. The van der Waals surface area contributed by atoms with Crippen molar-refractivity contribution >= 4 is 17.4 Å². The van der Waals surface area contributed by atoms with E-state index in [-0.39, 0.29) is 28.2 Å². The lowest BCUT2D eigenvalue weighted by Crippen LogP contribution is -2.30. The maximum atomic E-state index is 13.3. The minimum atomic E-state index is -0.855. The number of phenols is 1. The van der Waals surface area contributed by atoms with Gasteiger partial charge in [0, 0.05) is 6.54 Å². The number of methoxy groups -OCH3 is 2. The van der Waals surface area contributed by atoms with E-state index in [1.807, 2.05) is 26.8 Å². The number of ketones is 1. The van der Waals surface area contributed by atoms with Crippen molar-refractivity contribution in [3.63, 3.8) is 0 Å². The van der Waals surface area contributed by atoms with Crippen molar-refractivity contribution in [1.82, 2.24) is 4.90 Å². The Bertz CT molecular complexity index is 1140. The molecule has 0 aliphatic carbocycles. The molecule has 1 amide bonds. The number of hydrogen-bond acceptors (Lipinski definition) is 6. The first-order valence-corrected chi connectivity index (χ1v) is 11.9. The highest BCUT2D eigenvalue weighted by Gasteiger charge is 2.46. The number of likely N-dealkylation sites (tertiary alicyclic amines) is 1. The molecule has 1 fully saturated rings. The number of nitrogens with zero attached hydrogens (tertiary/aromatic N) is 1. The summed E-state index contributed by atoms with van der Waals surface area (Å²) in [5, 5.41) is 21.9. The van der Waals surface area contributed by atoms with Crippen LogP contribution in [0.1, 0.15) is 69.7 Å². The molecular weight excluding hydrogens is 446 g/mol. The van der Waals surface area contributed by atoms with Crippen molar-refractivity contribution in [2.24, 2.45) is 0 Å². The Hall–Kier alpha value is -3.48. The molecular formula is C28H35NO6. The Morgan fingerprint density at radius 1 is 1.00 bits per heavy atom. The number of phenolic OH excluding ortho intramolecular Hbond substituents is 1. The van der Waals surface area contributed by atoms with Crippen molar-refractivity contribution in [3.8, 4) is 17.2 Å². The van der Waals surface area contributed by atoms with E-state index in [0.717, 1.165) is 18.4 Å². The molecule has 188 valence electrons. The van der Waals surface area contributed by atoms with Crippen LogP contribution in [0.15, 0.2) is 42.0 Å². The van der Waals surface area contributed by atoms with Crippen LogP contribution in [0, 0.1) is 0 Å². The first-order valence-electron chi connectivity index (χ1n) is 11.9. The van der Waals surface area contributed by atoms with Crippen LogP contribution in [-0.4, -0.2) is 47.6 Å². The van der Waals surface area contributed by atoms with Crippen molar-refractivity contribution in [1.29, 1.82) is 0 Å². The lowest BCUT2D eigenvalue weighted by atomic mass is 9.85. The second-order valence-corrected chi connectivity index (χ2v) is 9.80. The molecule has 1 aliphatic heterocycles. The fourth-order valence-electron chi connectivity index (χ4n) is 4.37. The molecule has 1 saturated heterocycles. The molecule has 0 radical (unpaired) electrons. The second kappa shape index (κ2) is 10.4. The number of hydrogen-bond donors (Lipinski definition) is 2. The normalized spacial score (nSPS) is 17.7. The van der Waals surface area contributed by atoms with Crippen LogP contribution in [0.3, 0.4) is 0 Å². The summed E-state index contributed by atoms with van der Waals surface area (Å²) in [5.41, 5.74) is 1.55. The summed E-state index contributed by atoms with van der Waals surface area (Å²) in [6.07, 6.45) is 2.56. The van der Waals surface area contributed by atoms with E-state index in [2.05, 4.69) is 6.92 Å². The Balaban J connectivity index is 2.25. The molecule has 2 N–H and O–H groups in total. The molecule has 0 aromatic heterocycles. The number of unbranched alkanes of at least 4 members (excludes halogenated alkanes) is 2. The number of rotatable bonds is 8. The van der Waals surface area contributed by atoms with E-state index in [0.29, 0.717) is 29.8 Å². The number of benzene rings is 2. The van der Waals surface area contributed by atoms with Crippen LogP contribution in [0.2, 0.25) is 0 Å². The summed E-state index contributed by atoms with van der Waals surface area (Å²) in [4.78, 5) is 27.9. The third kappa shape index (κ3) is 5.14. The quantitative estimate of drug-likeness (QED) is 0.229. The zero-order valence-corrected chi connectivity index (χ0v) is 21.3. The summed E-state index contributed by atoms with van der Waals surface area (Å²) in [6.45, 7) is 8.55. The lowest BCUT2D eigenvalue weighted by Gasteiger charge is -2.26. The first kappa shape index (κ1) is 26.1. The SMILES string of the molecule is CCCCCN1C(=O)C(=O)/C(=C(/O)c2cc(C(C)(C)C)ccc2OC)C1c1ccc(OC)c(O)c1. The zero-order chi connectivity index (χ0) is 25.9. The van der Waals surface area contributed by atoms with E-state index in [9.17, 15) is 19.8 Å². The number of aliphatic hydroxyl groups excluding tert-OH is 1. The minimum absolute atomic E-state index is 0.0274. The Kier molecular flexibility index (Phi) is 7.78. The molecule has 1 aliphatic rings. The summed E-state index contributed by atoms with van der Waals surface area (Å²) in [5.74, 6) is -1.18. The van der Waals surface area contributed by atoms with E-state index in [1.165, 1.54) is 25.2 Å². The number of carbonyl (C=O) groups is 2. The average molecular weight is 482 g/mol. The third-order valence-corrected chi connectivity index (χ3v) is 6.38. The number of carbonyl (C=O) groups excluding carboxylic acids is 2. The smallest absolute Gasteiger partial charge is 0.295 e. The van der Waals surface area contributed by atoms with Crippen LogP contribution in [0.5, 0.6) is 17.2 Å².